The molecule has 0 spiro atoms. The number of unbranched alkanes of at least 4 members (excludes halogenated alkanes) is 4. The van der Waals surface area contributed by atoms with E-state index in [-0.39, 0.29) is 23.7 Å². The van der Waals surface area contributed by atoms with Crippen molar-refractivity contribution >= 4 is 44.2 Å². The molecule has 2 amide bonds. The summed E-state index contributed by atoms with van der Waals surface area (Å²) >= 11 is 1.54. The van der Waals surface area contributed by atoms with Crippen molar-refractivity contribution in [3.05, 3.63) is 142 Å². The summed E-state index contributed by atoms with van der Waals surface area (Å²) in [5, 5.41) is 63.1. The fraction of sp³-hybridized carbons (Fsp3) is 0.319. The van der Waals surface area contributed by atoms with E-state index in [1.54, 1.807) is 48.6 Å². The SMILES string of the molecule is CC(c1cc2ccccc2s1)N(O)C(N)=O.O=C(O)c1ccc2ccccc2c1O.OCc1cc(C(O)CNCCCCCCOCCCCc2ccccc2)ccc1O. The molecule has 12 nitrogen and oxygen atoms in total. The third-order valence-corrected chi connectivity index (χ3v) is 11.1. The molecule has 1 aromatic heterocycles. The zero-order valence-corrected chi connectivity index (χ0v) is 34.8. The molecule has 60 heavy (non-hydrogen) atoms. The summed E-state index contributed by atoms with van der Waals surface area (Å²) in [6.45, 7) is 4.50. The second kappa shape index (κ2) is 25.2. The molecule has 9 N–H and O–H groups in total. The number of aliphatic hydroxyl groups is 2. The van der Waals surface area contributed by atoms with E-state index in [4.69, 9.17) is 15.6 Å². The minimum Gasteiger partial charge on any atom is -0.508 e. The van der Waals surface area contributed by atoms with Crippen LogP contribution in [-0.4, -0.2) is 74.1 Å². The maximum Gasteiger partial charge on any atom is 0.339 e. The summed E-state index contributed by atoms with van der Waals surface area (Å²) in [5.74, 6) is -1.23. The van der Waals surface area contributed by atoms with Crippen molar-refractivity contribution in [2.24, 2.45) is 5.73 Å². The molecule has 0 aliphatic rings. The second-order valence-corrected chi connectivity index (χ2v) is 15.4. The number of primary amides is 1. The average Bonchev–Trinajstić information content (AvgIpc) is 3.70. The number of aromatic hydroxyl groups is 2. The number of nitrogens with one attached hydrogen (secondary N) is 1. The first kappa shape index (κ1) is 47.1. The quantitative estimate of drug-likeness (QED) is 0.0221. The Balaban J connectivity index is 0.000000220. The van der Waals surface area contributed by atoms with Crippen molar-refractivity contribution in [3.8, 4) is 11.5 Å². The lowest BCUT2D eigenvalue weighted by molar-refractivity contribution is -0.0700. The number of hydrogen-bond acceptors (Lipinski definition) is 10. The van der Waals surface area contributed by atoms with Crippen LogP contribution in [0.1, 0.15) is 89.5 Å². The lowest BCUT2D eigenvalue weighted by Gasteiger charge is -2.18. The number of hydrogen-bond donors (Lipinski definition) is 8. The van der Waals surface area contributed by atoms with Crippen LogP contribution in [0.25, 0.3) is 20.9 Å². The molecule has 2 unspecified atom stereocenters. The number of aliphatic hydroxyl groups excluding tert-OH is 2. The fourth-order valence-corrected chi connectivity index (χ4v) is 7.43. The summed E-state index contributed by atoms with van der Waals surface area (Å²) in [5.41, 5.74) is 7.48. The Morgan fingerprint density at radius 3 is 2.17 bits per heavy atom. The number of carboxylic acid groups (broad SMARTS) is 1. The number of urea groups is 1. The van der Waals surface area contributed by atoms with Gasteiger partial charge in [-0.1, -0.05) is 97.8 Å². The highest BCUT2D eigenvalue weighted by Crippen LogP contribution is 2.32. The molecule has 0 saturated heterocycles. The zero-order valence-electron chi connectivity index (χ0n) is 34.0. The number of carboxylic acids is 1. The minimum atomic E-state index is -1.12. The molecule has 320 valence electrons. The van der Waals surface area contributed by atoms with Gasteiger partial charge in [0.15, 0.2) is 0 Å². The van der Waals surface area contributed by atoms with Crippen LogP contribution in [-0.2, 0) is 17.8 Å². The van der Waals surface area contributed by atoms with Gasteiger partial charge < -0.3 is 41.3 Å². The van der Waals surface area contributed by atoms with Gasteiger partial charge >= 0.3 is 12.0 Å². The van der Waals surface area contributed by atoms with E-state index in [1.165, 1.54) is 24.1 Å². The van der Waals surface area contributed by atoms with Gasteiger partial charge in [0.05, 0.1) is 18.8 Å². The number of carbonyl (C=O) groups is 2. The van der Waals surface area contributed by atoms with Crippen LogP contribution in [0.5, 0.6) is 11.5 Å². The topological polar surface area (TPSA) is 206 Å². The van der Waals surface area contributed by atoms with E-state index in [9.17, 15) is 35.2 Å². The number of carbonyl (C=O) groups excluding carboxylic acids is 1. The molecular formula is C47H57N3O9S. The third-order valence-electron chi connectivity index (χ3n) is 9.82. The minimum absolute atomic E-state index is 0.0533. The molecule has 1 heterocycles. The molecule has 6 rings (SSSR count). The Morgan fingerprint density at radius 1 is 0.800 bits per heavy atom. The van der Waals surface area contributed by atoms with E-state index >= 15 is 0 Å². The highest BCUT2D eigenvalue weighted by atomic mass is 32.1. The van der Waals surface area contributed by atoms with Gasteiger partial charge in [0, 0.05) is 40.3 Å². The number of benzene rings is 5. The largest absolute Gasteiger partial charge is 0.508 e. The highest BCUT2D eigenvalue weighted by Gasteiger charge is 2.19. The maximum atomic E-state index is 10.8. The van der Waals surface area contributed by atoms with Crippen LogP contribution < -0.4 is 11.1 Å². The summed E-state index contributed by atoms with van der Waals surface area (Å²) in [6.07, 6.45) is 7.24. The van der Waals surface area contributed by atoms with Crippen LogP contribution >= 0.6 is 11.3 Å². The Hall–Kier alpha value is -5.54. The third kappa shape index (κ3) is 14.9. The van der Waals surface area contributed by atoms with Crippen molar-refractivity contribution in [2.75, 3.05) is 26.3 Å². The van der Waals surface area contributed by atoms with Gasteiger partial charge in [0.25, 0.3) is 0 Å². The fourth-order valence-electron chi connectivity index (χ4n) is 6.33. The molecule has 0 saturated carbocycles. The number of nitrogens with zero attached hydrogens (tertiary/aromatic N) is 1. The molecule has 0 aliphatic heterocycles. The lowest BCUT2D eigenvalue weighted by atomic mass is 10.1. The van der Waals surface area contributed by atoms with Gasteiger partial charge in [0.2, 0.25) is 0 Å². The standard InChI is InChI=1S/C25H37NO4.C11H12N2O2S.C11H8O3/c27-20-23-18-22(13-14-24(23)28)25(29)19-26-15-7-1-2-8-16-30-17-9-6-12-21-10-4-3-5-11-21;1-7(13(15)11(12)14)10-6-8-4-2-3-5-9(8)16-10;12-10-8-4-2-1-3-7(8)5-6-9(10)11(13)14/h3-5,10-11,13-14,18,25-29H,1-2,6-9,12,15-17,19-20H2;2-7,15H,1H3,(H2,12,14);1-6,12H,(H,13,14). The molecule has 6 aromatic rings. The number of ether oxygens (including phenoxy) is 1. The molecule has 0 aliphatic carbocycles. The predicted molar refractivity (Wildman–Crippen MR) is 237 cm³/mol. The second-order valence-electron chi connectivity index (χ2n) is 14.3. The van der Waals surface area contributed by atoms with Crippen LogP contribution in [0.15, 0.2) is 115 Å². The number of nitrogens with two attached hydrogens (primary N) is 1. The average molecular weight is 840 g/mol. The summed E-state index contributed by atoms with van der Waals surface area (Å²) in [4.78, 5) is 22.4. The van der Waals surface area contributed by atoms with E-state index in [1.807, 2.05) is 42.5 Å². The Morgan fingerprint density at radius 2 is 1.47 bits per heavy atom. The lowest BCUT2D eigenvalue weighted by Crippen LogP contribution is -2.34. The van der Waals surface area contributed by atoms with Gasteiger partial charge in [-0.3, -0.25) is 5.21 Å². The van der Waals surface area contributed by atoms with Crippen molar-refractivity contribution < 1.29 is 45.1 Å². The van der Waals surface area contributed by atoms with E-state index in [0.29, 0.717) is 28.1 Å². The first-order valence-corrected chi connectivity index (χ1v) is 20.9. The number of fused-ring (bicyclic) bond motifs is 2. The van der Waals surface area contributed by atoms with Crippen LogP contribution in [0.4, 0.5) is 4.79 Å². The normalized spacial score (nSPS) is 11.9. The smallest absolute Gasteiger partial charge is 0.339 e. The molecular weight excluding hydrogens is 783 g/mol. The molecule has 0 fully saturated rings. The van der Waals surface area contributed by atoms with E-state index < -0.39 is 24.1 Å². The van der Waals surface area contributed by atoms with Crippen LogP contribution in [0.3, 0.4) is 0 Å². The number of rotatable bonds is 19. The van der Waals surface area contributed by atoms with Gasteiger partial charge in [-0.2, -0.15) is 5.06 Å². The molecule has 0 radical (unpaired) electrons. The molecule has 0 bridgehead atoms. The summed E-state index contributed by atoms with van der Waals surface area (Å²) in [6, 6.07) is 34.2. The van der Waals surface area contributed by atoms with Crippen molar-refractivity contribution in [1.29, 1.82) is 0 Å². The first-order valence-electron chi connectivity index (χ1n) is 20.1. The monoisotopic (exact) mass is 839 g/mol. The Bertz CT molecular complexity index is 2180. The van der Waals surface area contributed by atoms with Crippen molar-refractivity contribution in [1.82, 2.24) is 10.4 Å². The van der Waals surface area contributed by atoms with Gasteiger partial charge in [0.1, 0.15) is 17.1 Å². The zero-order chi connectivity index (χ0) is 43.3. The van der Waals surface area contributed by atoms with Crippen molar-refractivity contribution in [2.45, 2.75) is 70.6 Å². The van der Waals surface area contributed by atoms with Crippen LogP contribution in [0, 0.1) is 0 Å². The Kier molecular flexibility index (Phi) is 19.8. The van der Waals surface area contributed by atoms with E-state index in [2.05, 4.69) is 35.6 Å². The number of aromatic carboxylic acids is 1. The predicted octanol–water partition coefficient (Wildman–Crippen LogP) is 9.08. The Labute approximate surface area is 355 Å². The number of aryl methyl sites for hydroxylation is 1. The number of phenols is 2. The van der Waals surface area contributed by atoms with Gasteiger partial charge in [-0.05, 0) is 97.8 Å². The van der Waals surface area contributed by atoms with Crippen molar-refractivity contribution in [3.63, 3.8) is 0 Å². The molecule has 2 atom stereocenters. The summed E-state index contributed by atoms with van der Waals surface area (Å²) < 4.78 is 6.85. The summed E-state index contributed by atoms with van der Waals surface area (Å²) in [7, 11) is 0. The van der Waals surface area contributed by atoms with Gasteiger partial charge in [-0.25, -0.2) is 9.59 Å². The number of thiophene rings is 1. The van der Waals surface area contributed by atoms with Crippen LogP contribution in [0.2, 0.25) is 0 Å². The van der Waals surface area contributed by atoms with Gasteiger partial charge in [-0.15, -0.1) is 11.3 Å². The highest BCUT2D eigenvalue weighted by molar-refractivity contribution is 7.19. The number of hydroxylamine groups is 2. The molecule has 13 heteroatoms. The maximum absolute atomic E-state index is 10.8. The number of amides is 2. The molecule has 5 aromatic carbocycles. The first-order chi connectivity index (χ1) is 29.0. The van der Waals surface area contributed by atoms with E-state index in [0.717, 1.165) is 78.6 Å².